The second-order valence-electron chi connectivity index (χ2n) is 10.9. The van der Waals surface area contributed by atoms with Gasteiger partial charge in [-0.2, -0.15) is 9.78 Å². The third kappa shape index (κ3) is 7.12. The van der Waals surface area contributed by atoms with Crippen molar-refractivity contribution in [2.45, 2.75) is 52.7 Å². The quantitative estimate of drug-likeness (QED) is 0.307. The van der Waals surface area contributed by atoms with Crippen molar-refractivity contribution >= 4 is 61.0 Å². The van der Waals surface area contributed by atoms with Crippen LogP contribution in [0.4, 0.5) is 26.1 Å². The van der Waals surface area contributed by atoms with Crippen LogP contribution in [-0.4, -0.2) is 58.0 Å². The predicted octanol–water partition coefficient (Wildman–Crippen LogP) is 5.78. The molecule has 0 radical (unpaired) electrons. The first-order valence-electron chi connectivity index (χ1n) is 12.2. The Labute approximate surface area is 236 Å². The number of aromatic nitrogens is 4. The number of benzene rings is 2. The minimum Gasteiger partial charge on any atom is -0.443 e. The van der Waals surface area contributed by atoms with E-state index in [1.807, 2.05) is 0 Å². The zero-order valence-electron chi connectivity index (χ0n) is 23.1. The van der Waals surface area contributed by atoms with E-state index in [1.54, 1.807) is 84.0 Å². The SMILES string of the molecule is CC(C)(C)OC(=O)N(c1ccc2c(cnn2C(=O)OC(C)(C)C)c1)c1nnc(-c2cccc(NS(C)(=O)=O)c2)s1. The summed E-state index contributed by atoms with van der Waals surface area (Å²) >= 11 is 1.12. The van der Waals surface area contributed by atoms with E-state index in [1.165, 1.54) is 11.1 Å². The fourth-order valence-electron chi connectivity index (χ4n) is 3.56. The molecule has 0 aliphatic carbocycles. The van der Waals surface area contributed by atoms with Crippen molar-refractivity contribution in [2.75, 3.05) is 15.9 Å². The van der Waals surface area contributed by atoms with Crippen LogP contribution in [0.5, 0.6) is 0 Å². The van der Waals surface area contributed by atoms with Gasteiger partial charge in [-0.25, -0.2) is 22.9 Å². The lowest BCUT2D eigenvalue weighted by molar-refractivity contribution is 0.0521. The van der Waals surface area contributed by atoms with Crippen LogP contribution in [0.3, 0.4) is 0 Å². The molecule has 4 aromatic rings. The maximum atomic E-state index is 13.4. The van der Waals surface area contributed by atoms with Crippen LogP contribution in [0.2, 0.25) is 0 Å². The van der Waals surface area contributed by atoms with Crippen LogP contribution >= 0.6 is 11.3 Å². The van der Waals surface area contributed by atoms with Gasteiger partial charge in [-0.05, 0) is 71.9 Å². The standard InChI is InChI=1S/C26H30N6O6S2/c1-25(2,3)37-23(33)31(19-11-12-20-17(14-19)15-27-32(20)24(34)38-26(4,5)6)22-29-28-21(39-22)16-9-8-10-18(13-16)30-40(7,35)36/h8-15,30H,1-7H3. The van der Waals surface area contributed by atoms with Crippen molar-refractivity contribution < 1.29 is 27.5 Å². The van der Waals surface area contributed by atoms with Gasteiger partial charge in [0, 0.05) is 16.6 Å². The number of anilines is 3. The topological polar surface area (TPSA) is 146 Å². The van der Waals surface area contributed by atoms with E-state index >= 15 is 0 Å². The lowest BCUT2D eigenvalue weighted by atomic mass is 10.2. The number of rotatable bonds is 5. The number of hydrogen-bond donors (Lipinski definition) is 1. The molecule has 40 heavy (non-hydrogen) atoms. The predicted molar refractivity (Wildman–Crippen MR) is 154 cm³/mol. The summed E-state index contributed by atoms with van der Waals surface area (Å²) in [6.45, 7) is 10.6. The Balaban J connectivity index is 1.73. The minimum atomic E-state index is -3.47. The van der Waals surface area contributed by atoms with Crippen LogP contribution in [0, 0.1) is 0 Å². The van der Waals surface area contributed by atoms with Gasteiger partial charge in [0.05, 0.1) is 23.7 Å². The summed E-state index contributed by atoms with van der Waals surface area (Å²) in [5.41, 5.74) is 0.402. The highest BCUT2D eigenvalue weighted by molar-refractivity contribution is 7.92. The van der Waals surface area contributed by atoms with Gasteiger partial charge in [0.1, 0.15) is 16.2 Å². The summed E-state index contributed by atoms with van der Waals surface area (Å²) in [6, 6.07) is 11.7. The van der Waals surface area contributed by atoms with Crippen molar-refractivity contribution in [3.05, 3.63) is 48.7 Å². The van der Waals surface area contributed by atoms with Crippen molar-refractivity contribution in [2.24, 2.45) is 0 Å². The highest BCUT2D eigenvalue weighted by atomic mass is 32.2. The molecule has 212 valence electrons. The molecule has 0 aliphatic heterocycles. The number of fused-ring (bicyclic) bond motifs is 1. The average molecular weight is 587 g/mol. The van der Waals surface area contributed by atoms with Gasteiger partial charge in [0.2, 0.25) is 15.2 Å². The summed E-state index contributed by atoms with van der Waals surface area (Å²) in [7, 11) is -3.47. The third-order valence-corrected chi connectivity index (χ3v) is 6.53. The third-order valence-electron chi connectivity index (χ3n) is 4.97. The number of ether oxygens (including phenoxy) is 2. The second-order valence-corrected chi connectivity index (χ2v) is 13.6. The number of carbonyl (C=O) groups excluding carboxylic acids is 2. The van der Waals surface area contributed by atoms with E-state index in [-0.39, 0.29) is 5.13 Å². The molecule has 12 nitrogen and oxygen atoms in total. The van der Waals surface area contributed by atoms with Crippen molar-refractivity contribution in [3.8, 4) is 10.6 Å². The molecule has 0 bridgehead atoms. The molecule has 0 spiro atoms. The Morgan fingerprint density at radius 2 is 1.68 bits per heavy atom. The summed E-state index contributed by atoms with van der Waals surface area (Å²) in [5.74, 6) is 0. The molecule has 1 amide bonds. The molecule has 0 unspecified atom stereocenters. The second kappa shape index (κ2) is 10.5. The van der Waals surface area contributed by atoms with Crippen LogP contribution in [0.25, 0.3) is 21.5 Å². The Morgan fingerprint density at radius 3 is 2.33 bits per heavy atom. The normalized spacial score (nSPS) is 12.3. The molecule has 4 rings (SSSR count). The van der Waals surface area contributed by atoms with Gasteiger partial charge in [-0.15, -0.1) is 10.2 Å². The minimum absolute atomic E-state index is 0.226. The number of nitrogens with one attached hydrogen (secondary N) is 1. The maximum absolute atomic E-state index is 13.4. The number of sulfonamides is 1. The van der Waals surface area contributed by atoms with E-state index < -0.39 is 33.4 Å². The number of carbonyl (C=O) groups is 2. The zero-order chi connectivity index (χ0) is 29.5. The van der Waals surface area contributed by atoms with E-state index in [9.17, 15) is 18.0 Å². The number of amides is 1. The van der Waals surface area contributed by atoms with E-state index in [4.69, 9.17) is 9.47 Å². The molecule has 2 aromatic heterocycles. The smallest absolute Gasteiger partial charge is 0.435 e. The summed E-state index contributed by atoms with van der Waals surface area (Å²) in [6.07, 6.45) is 1.26. The zero-order valence-corrected chi connectivity index (χ0v) is 24.8. The van der Waals surface area contributed by atoms with Crippen LogP contribution in [-0.2, 0) is 19.5 Å². The molecule has 2 aromatic carbocycles. The van der Waals surface area contributed by atoms with Crippen LogP contribution in [0.15, 0.2) is 48.7 Å². The fraction of sp³-hybridized carbons (Fsp3) is 0.346. The first-order valence-corrected chi connectivity index (χ1v) is 14.9. The molecule has 0 fully saturated rings. The average Bonchev–Trinajstić information content (AvgIpc) is 3.43. The Kier molecular flexibility index (Phi) is 7.60. The Bertz CT molecular complexity index is 1680. The van der Waals surface area contributed by atoms with E-state index in [0.29, 0.717) is 32.8 Å². The lowest BCUT2D eigenvalue weighted by Crippen LogP contribution is -2.33. The number of nitrogens with zero attached hydrogens (tertiary/aromatic N) is 5. The largest absolute Gasteiger partial charge is 0.443 e. The summed E-state index contributed by atoms with van der Waals surface area (Å²) in [5, 5.41) is 13.9. The van der Waals surface area contributed by atoms with Crippen molar-refractivity contribution in [1.82, 2.24) is 20.0 Å². The maximum Gasteiger partial charge on any atom is 0.435 e. The molecule has 1 N–H and O–H groups in total. The van der Waals surface area contributed by atoms with E-state index in [2.05, 4.69) is 20.0 Å². The van der Waals surface area contributed by atoms with Gasteiger partial charge >= 0.3 is 12.2 Å². The molecule has 0 atom stereocenters. The first kappa shape index (κ1) is 29.0. The molecule has 0 saturated carbocycles. The molecule has 0 saturated heterocycles. The molecule has 2 heterocycles. The van der Waals surface area contributed by atoms with Crippen molar-refractivity contribution in [3.63, 3.8) is 0 Å². The van der Waals surface area contributed by atoms with E-state index in [0.717, 1.165) is 22.3 Å². The molecule has 0 aliphatic rings. The molecular formula is C26H30N6O6S2. The lowest BCUT2D eigenvalue weighted by Gasteiger charge is -2.25. The van der Waals surface area contributed by atoms with Crippen molar-refractivity contribution in [1.29, 1.82) is 0 Å². The summed E-state index contributed by atoms with van der Waals surface area (Å²) < 4.78 is 38.0. The van der Waals surface area contributed by atoms with Gasteiger partial charge < -0.3 is 9.47 Å². The van der Waals surface area contributed by atoms with Crippen LogP contribution < -0.4 is 9.62 Å². The molecular weight excluding hydrogens is 556 g/mol. The number of hydrogen-bond acceptors (Lipinski definition) is 10. The van der Waals surface area contributed by atoms with Gasteiger partial charge in [0.25, 0.3) is 0 Å². The highest BCUT2D eigenvalue weighted by Gasteiger charge is 2.29. The highest BCUT2D eigenvalue weighted by Crippen LogP contribution is 2.36. The van der Waals surface area contributed by atoms with Gasteiger partial charge in [0.15, 0.2) is 0 Å². The Morgan fingerprint density at radius 1 is 0.975 bits per heavy atom. The Hall–Kier alpha value is -4.04. The monoisotopic (exact) mass is 586 g/mol. The fourth-order valence-corrected chi connectivity index (χ4v) is 4.97. The first-order chi connectivity index (χ1) is 18.5. The molecule has 14 heteroatoms. The van der Waals surface area contributed by atoms with Gasteiger partial charge in [-0.3, -0.25) is 4.72 Å². The van der Waals surface area contributed by atoms with Gasteiger partial charge in [-0.1, -0.05) is 23.5 Å². The van der Waals surface area contributed by atoms with Crippen LogP contribution in [0.1, 0.15) is 41.5 Å². The summed E-state index contributed by atoms with van der Waals surface area (Å²) in [4.78, 5) is 27.3.